The molecule has 0 amide bonds. The highest BCUT2D eigenvalue weighted by Crippen LogP contribution is 2.66. The molecule has 1 saturated heterocycles. The van der Waals surface area contributed by atoms with Gasteiger partial charge in [-0.3, -0.25) is 9.32 Å². The third-order valence-electron chi connectivity index (χ3n) is 5.80. The second-order valence-corrected chi connectivity index (χ2v) is 12.9. The van der Waals surface area contributed by atoms with Crippen LogP contribution >= 0.6 is 23.5 Å². The number of hydrogen-bond donors (Lipinski definition) is 7. The molecule has 21 heteroatoms. The molecule has 3 heterocycles. The summed E-state index contributed by atoms with van der Waals surface area (Å²) in [6.45, 7) is 0.250. The van der Waals surface area contributed by atoms with Crippen LogP contribution in [-0.4, -0.2) is 78.7 Å². The van der Waals surface area contributed by atoms with Gasteiger partial charge in [-0.15, -0.1) is 0 Å². The minimum atomic E-state index is -5.75. The van der Waals surface area contributed by atoms with E-state index in [-0.39, 0.29) is 11.6 Å². The fourth-order valence-corrected chi connectivity index (χ4v) is 7.34. The maximum absolute atomic E-state index is 12.1. The van der Waals surface area contributed by atoms with Crippen LogP contribution in [0.15, 0.2) is 15.9 Å². The van der Waals surface area contributed by atoms with Gasteiger partial charge < -0.3 is 44.6 Å². The minimum Gasteiger partial charge on any atom is -0.496 e. The molecular formula is C17H22N3O15P3. The summed E-state index contributed by atoms with van der Waals surface area (Å²) in [7, 11) is -15.5. The first kappa shape index (κ1) is 29.1. The van der Waals surface area contributed by atoms with Gasteiger partial charge in [0.05, 0.1) is 25.3 Å². The number of aliphatic hydroxyl groups is 2. The summed E-state index contributed by atoms with van der Waals surface area (Å²) in [5, 5.41) is 25.5. The smallest absolute Gasteiger partial charge is 0.490 e. The first-order valence-corrected chi connectivity index (χ1v) is 14.9. The van der Waals surface area contributed by atoms with Crippen LogP contribution in [0.2, 0.25) is 0 Å². The van der Waals surface area contributed by atoms with E-state index in [0.29, 0.717) is 16.1 Å². The van der Waals surface area contributed by atoms with Gasteiger partial charge in [0, 0.05) is 22.9 Å². The maximum Gasteiger partial charge on any atom is 0.490 e. The van der Waals surface area contributed by atoms with E-state index >= 15 is 0 Å². The lowest BCUT2D eigenvalue weighted by atomic mass is 9.84. The number of hydrogen-bond acceptors (Lipinski definition) is 14. The Hall–Kier alpha value is -1.88. The standard InChI is InChI=1S/C17H22N3O15P3/c1-17(23)14(22)10(5-32-37(27,28)35-38(29,30)34-36(24,25)26)33-15(17)8-3-7-9(31-2)4-11(21)20-16-12(7)13(8)18-6-19-16/h3-4,6,8,10,14-15,22-23H,5H2,1-2H3,(H,27,28)(H,29,30)(H2,24,25,26)(H,18,19,20,21)/t8?,10-,14-,15+,17-/m1/s1. The van der Waals surface area contributed by atoms with Crippen LogP contribution in [0.25, 0.3) is 11.8 Å². The van der Waals surface area contributed by atoms with E-state index < -0.39 is 65.5 Å². The fraction of sp³-hybridized carbons (Fsp3) is 0.471. The van der Waals surface area contributed by atoms with E-state index in [1.54, 1.807) is 6.08 Å². The highest BCUT2D eigenvalue weighted by atomic mass is 31.3. The van der Waals surface area contributed by atoms with Crippen LogP contribution in [0.1, 0.15) is 6.92 Å². The normalized spacial score (nSPS) is 31.1. The number of rotatable bonds is 9. The Balaban J connectivity index is 1.59. The van der Waals surface area contributed by atoms with Crippen LogP contribution in [0.3, 0.4) is 0 Å². The Bertz CT molecular complexity index is 1510. The van der Waals surface area contributed by atoms with Gasteiger partial charge in [-0.2, -0.15) is 13.6 Å². The summed E-state index contributed by atoms with van der Waals surface area (Å²) in [4.78, 5) is 56.2. The molecule has 1 fully saturated rings. The Morgan fingerprint density at radius 2 is 1.84 bits per heavy atom. The van der Waals surface area contributed by atoms with Gasteiger partial charge in [-0.05, 0) is 6.92 Å². The van der Waals surface area contributed by atoms with Crippen LogP contribution in [0.5, 0.6) is 5.75 Å². The van der Waals surface area contributed by atoms with E-state index in [0.717, 1.165) is 6.07 Å². The molecule has 7 atom stereocenters. The molecule has 38 heavy (non-hydrogen) atoms. The quantitative estimate of drug-likeness (QED) is 0.144. The van der Waals surface area contributed by atoms with Crippen LogP contribution in [0, 0.1) is 5.92 Å². The zero-order chi connectivity index (χ0) is 28.3. The van der Waals surface area contributed by atoms with E-state index in [1.807, 2.05) is 0 Å². The van der Waals surface area contributed by atoms with E-state index in [4.69, 9.17) is 19.3 Å². The molecule has 4 rings (SSSR count). The molecule has 0 bridgehead atoms. The third kappa shape index (κ3) is 5.83. The number of aliphatic hydroxyl groups excluding tert-OH is 1. The molecule has 2 aliphatic heterocycles. The largest absolute Gasteiger partial charge is 0.496 e. The number of aromatic nitrogens is 1. The van der Waals surface area contributed by atoms with Crippen molar-refractivity contribution in [1.29, 1.82) is 0 Å². The SMILES string of the molecule is COc1cc(=O)nc2c3c1=CC([C@@H]1O[C@H](COP(=O)(O)OP(=O)(O)OP(=O)(O)O)[C@@H](O)[C@@]1(C)O)C=3NC=N2. The monoisotopic (exact) mass is 601 g/mol. The number of phosphoric ester groups is 1. The summed E-state index contributed by atoms with van der Waals surface area (Å²) in [5.74, 6) is -0.585. The van der Waals surface area contributed by atoms with Gasteiger partial charge in [0.25, 0.3) is 5.56 Å². The summed E-state index contributed by atoms with van der Waals surface area (Å²) in [6.07, 6.45) is -1.62. The molecule has 7 N–H and O–H groups in total. The summed E-state index contributed by atoms with van der Waals surface area (Å²) < 4.78 is 57.3. The zero-order valence-electron chi connectivity index (χ0n) is 19.3. The molecule has 0 spiro atoms. The molecule has 1 aromatic heterocycles. The average Bonchev–Trinajstić information content (AvgIpc) is 3.18. The fourth-order valence-electron chi connectivity index (χ4n) is 4.31. The average molecular weight is 601 g/mol. The van der Waals surface area contributed by atoms with E-state index in [1.165, 1.54) is 20.4 Å². The lowest BCUT2D eigenvalue weighted by Gasteiger charge is -2.31. The van der Waals surface area contributed by atoms with Crippen molar-refractivity contribution in [1.82, 2.24) is 10.3 Å². The Labute approximate surface area is 212 Å². The summed E-state index contributed by atoms with van der Waals surface area (Å²) in [6, 6.07) is 1.15. The predicted octanol–water partition coefficient (Wildman–Crippen LogP) is -2.55. The maximum atomic E-state index is 12.1. The molecule has 0 radical (unpaired) electrons. The lowest BCUT2D eigenvalue weighted by molar-refractivity contribution is -0.0686. The van der Waals surface area contributed by atoms with Gasteiger partial charge in [0.15, 0.2) is 5.82 Å². The van der Waals surface area contributed by atoms with Gasteiger partial charge >= 0.3 is 23.5 Å². The van der Waals surface area contributed by atoms with Crippen molar-refractivity contribution in [2.24, 2.45) is 10.9 Å². The molecule has 0 saturated carbocycles. The topological polar surface area (TPSA) is 273 Å². The molecule has 1 aliphatic carbocycles. The number of aliphatic imine (C=N–C) groups is 1. The van der Waals surface area contributed by atoms with Crippen molar-refractivity contribution in [3.05, 3.63) is 26.9 Å². The first-order chi connectivity index (χ1) is 17.4. The second kappa shape index (κ2) is 9.94. The van der Waals surface area contributed by atoms with E-state index in [9.17, 15) is 38.5 Å². The third-order valence-corrected chi connectivity index (χ3v) is 9.60. The van der Waals surface area contributed by atoms with Crippen LogP contribution in [0.4, 0.5) is 5.82 Å². The Morgan fingerprint density at radius 1 is 1.16 bits per heavy atom. The Kier molecular flexibility index (Phi) is 7.62. The number of nitrogens with zero attached hydrogens (tertiary/aromatic N) is 2. The molecule has 3 unspecified atom stereocenters. The van der Waals surface area contributed by atoms with Gasteiger partial charge in [-0.25, -0.2) is 18.7 Å². The number of ether oxygens (including phenoxy) is 2. The number of methoxy groups -OCH3 is 1. The Morgan fingerprint density at radius 3 is 2.47 bits per heavy atom. The highest BCUT2D eigenvalue weighted by Gasteiger charge is 2.56. The van der Waals surface area contributed by atoms with Crippen molar-refractivity contribution < 1.29 is 66.1 Å². The molecule has 0 aromatic carbocycles. The molecular weight excluding hydrogens is 579 g/mol. The van der Waals surface area contributed by atoms with Crippen LogP contribution in [-0.2, 0) is 31.6 Å². The van der Waals surface area contributed by atoms with E-state index in [2.05, 4.69) is 28.4 Å². The van der Waals surface area contributed by atoms with Crippen molar-refractivity contribution in [2.75, 3.05) is 13.7 Å². The van der Waals surface area contributed by atoms with Crippen molar-refractivity contribution in [3.8, 4) is 5.75 Å². The van der Waals surface area contributed by atoms with Crippen molar-refractivity contribution in [3.63, 3.8) is 0 Å². The molecule has 210 valence electrons. The van der Waals surface area contributed by atoms with Gasteiger partial charge in [-0.1, -0.05) is 6.08 Å². The lowest BCUT2D eigenvalue weighted by Crippen LogP contribution is -2.49. The molecule has 3 aliphatic rings. The molecule has 1 aromatic rings. The minimum absolute atomic E-state index is 0.0724. The highest BCUT2D eigenvalue weighted by molar-refractivity contribution is 7.66. The second-order valence-electron chi connectivity index (χ2n) is 8.44. The van der Waals surface area contributed by atoms with Gasteiger partial charge in [0.2, 0.25) is 0 Å². The van der Waals surface area contributed by atoms with Crippen molar-refractivity contribution in [2.45, 2.75) is 30.8 Å². The summed E-state index contributed by atoms with van der Waals surface area (Å²) >= 11 is 0. The van der Waals surface area contributed by atoms with Crippen LogP contribution < -0.4 is 26.1 Å². The summed E-state index contributed by atoms with van der Waals surface area (Å²) in [5.41, 5.74) is -2.22. The number of phosphoric acid groups is 3. The van der Waals surface area contributed by atoms with Gasteiger partial charge in [0.1, 0.15) is 29.7 Å². The zero-order valence-corrected chi connectivity index (χ0v) is 22.0. The first-order valence-electron chi connectivity index (χ1n) is 10.4. The predicted molar refractivity (Wildman–Crippen MR) is 124 cm³/mol. The number of nitrogens with one attached hydrogen (secondary N) is 1. The molecule has 18 nitrogen and oxygen atoms in total. The van der Waals surface area contributed by atoms with Crippen molar-refractivity contribution >= 4 is 47.4 Å².